The van der Waals surface area contributed by atoms with Crippen molar-refractivity contribution in [2.24, 2.45) is 5.73 Å². The Kier molecular flexibility index (Phi) is 4.97. The molecule has 0 aliphatic carbocycles. The molecule has 1 heterocycles. The average Bonchev–Trinajstić information content (AvgIpc) is 2.62. The van der Waals surface area contributed by atoms with Gasteiger partial charge in [0, 0.05) is 10.7 Å². The third-order valence-corrected chi connectivity index (χ3v) is 4.44. The van der Waals surface area contributed by atoms with E-state index in [-0.39, 0.29) is 17.4 Å². The summed E-state index contributed by atoms with van der Waals surface area (Å²) in [5, 5.41) is 12.9. The first-order chi connectivity index (χ1) is 12.5. The maximum absolute atomic E-state index is 13.0. The zero-order chi connectivity index (χ0) is 18.7. The van der Waals surface area contributed by atoms with Crippen LogP contribution in [0.5, 0.6) is 0 Å². The predicted octanol–water partition coefficient (Wildman–Crippen LogP) is 4.06. The largest absolute Gasteiger partial charge is 0.445 e. The number of benzene rings is 2. The van der Waals surface area contributed by atoms with Crippen LogP contribution in [0.1, 0.15) is 18.4 Å². The highest BCUT2D eigenvalue weighted by molar-refractivity contribution is 6.31. The Morgan fingerprint density at radius 2 is 1.85 bits per heavy atom. The van der Waals surface area contributed by atoms with E-state index in [1.807, 2.05) is 18.2 Å². The lowest BCUT2D eigenvalue weighted by atomic mass is 9.82. The number of carbonyl (C=O) groups excluding carboxylic acids is 1. The van der Waals surface area contributed by atoms with Crippen LogP contribution >= 0.6 is 11.6 Å². The molecule has 0 spiro atoms. The maximum Gasteiger partial charge on any atom is 0.255 e. The fraction of sp³-hybridized carbons (Fsp3) is 0.100. The Hall–Kier alpha value is -3.23. The molecule has 0 aromatic heterocycles. The number of para-hydroxylation sites is 1. The first kappa shape index (κ1) is 17.6. The lowest BCUT2D eigenvalue weighted by molar-refractivity contribution is -0.113. The zero-order valence-corrected chi connectivity index (χ0v) is 14.7. The van der Waals surface area contributed by atoms with Gasteiger partial charge in [0.15, 0.2) is 0 Å². The molecule has 6 heteroatoms. The number of nitrogens with two attached hydrogens (primary N) is 1. The van der Waals surface area contributed by atoms with Crippen LogP contribution in [-0.4, -0.2) is 5.91 Å². The van der Waals surface area contributed by atoms with Crippen molar-refractivity contribution in [1.82, 2.24) is 0 Å². The van der Waals surface area contributed by atoms with E-state index in [4.69, 9.17) is 22.1 Å². The Morgan fingerprint density at radius 3 is 2.50 bits per heavy atom. The molecule has 0 unspecified atom stereocenters. The van der Waals surface area contributed by atoms with Crippen molar-refractivity contribution in [3.05, 3.63) is 88.0 Å². The molecule has 2 aromatic rings. The lowest BCUT2D eigenvalue weighted by Gasteiger charge is -2.28. The summed E-state index contributed by atoms with van der Waals surface area (Å²) in [6.07, 6.45) is 0. The van der Waals surface area contributed by atoms with E-state index >= 15 is 0 Å². The molecule has 1 amide bonds. The minimum atomic E-state index is -0.703. The highest BCUT2D eigenvalue weighted by atomic mass is 35.5. The van der Waals surface area contributed by atoms with Gasteiger partial charge in [0.05, 0.1) is 11.5 Å². The molecule has 1 aliphatic heterocycles. The highest BCUT2D eigenvalue weighted by Crippen LogP contribution is 2.41. The van der Waals surface area contributed by atoms with Crippen molar-refractivity contribution in [2.75, 3.05) is 5.32 Å². The topological polar surface area (TPSA) is 88.1 Å². The molecule has 0 saturated heterocycles. The number of hydrogen-bond donors (Lipinski definition) is 2. The van der Waals surface area contributed by atoms with Gasteiger partial charge in [0.2, 0.25) is 5.88 Å². The molecular weight excluding hydrogens is 350 g/mol. The lowest BCUT2D eigenvalue weighted by Crippen LogP contribution is -2.28. The fourth-order valence-corrected chi connectivity index (χ4v) is 3.16. The van der Waals surface area contributed by atoms with E-state index in [2.05, 4.69) is 11.4 Å². The number of rotatable bonds is 3. The van der Waals surface area contributed by atoms with Crippen LogP contribution in [-0.2, 0) is 9.53 Å². The Balaban J connectivity index is 2.09. The summed E-state index contributed by atoms with van der Waals surface area (Å²) < 4.78 is 5.46. The summed E-state index contributed by atoms with van der Waals surface area (Å²) in [6.45, 7) is 1.64. The van der Waals surface area contributed by atoms with Crippen LogP contribution in [0.15, 0.2) is 77.4 Å². The molecule has 0 radical (unpaired) electrons. The van der Waals surface area contributed by atoms with E-state index in [0.29, 0.717) is 27.6 Å². The van der Waals surface area contributed by atoms with Crippen LogP contribution in [0, 0.1) is 11.3 Å². The number of amides is 1. The van der Waals surface area contributed by atoms with Gasteiger partial charge >= 0.3 is 0 Å². The van der Waals surface area contributed by atoms with Crippen LogP contribution in [0.2, 0.25) is 5.02 Å². The highest BCUT2D eigenvalue weighted by Gasteiger charge is 2.36. The van der Waals surface area contributed by atoms with Gasteiger partial charge in [-0.1, -0.05) is 48.0 Å². The minimum Gasteiger partial charge on any atom is -0.445 e. The van der Waals surface area contributed by atoms with Gasteiger partial charge in [-0.15, -0.1) is 0 Å². The molecule has 1 aliphatic rings. The molecule has 0 fully saturated rings. The number of nitrogens with one attached hydrogen (secondary N) is 1. The van der Waals surface area contributed by atoms with E-state index < -0.39 is 5.92 Å². The number of halogens is 1. The van der Waals surface area contributed by atoms with Gasteiger partial charge in [-0.3, -0.25) is 4.79 Å². The van der Waals surface area contributed by atoms with Crippen molar-refractivity contribution in [3.8, 4) is 6.07 Å². The van der Waals surface area contributed by atoms with E-state index in [9.17, 15) is 10.1 Å². The van der Waals surface area contributed by atoms with Crippen molar-refractivity contribution in [2.45, 2.75) is 12.8 Å². The molecule has 1 atom stereocenters. The third kappa shape index (κ3) is 3.28. The maximum atomic E-state index is 13.0. The fourth-order valence-electron chi connectivity index (χ4n) is 2.92. The second-order valence-corrected chi connectivity index (χ2v) is 6.14. The Labute approximate surface area is 156 Å². The number of ether oxygens (including phenoxy) is 1. The summed E-state index contributed by atoms with van der Waals surface area (Å²) in [6, 6.07) is 18.2. The summed E-state index contributed by atoms with van der Waals surface area (Å²) in [5.41, 5.74) is 7.61. The number of carbonyl (C=O) groups is 1. The Morgan fingerprint density at radius 1 is 1.19 bits per heavy atom. The monoisotopic (exact) mass is 365 g/mol. The van der Waals surface area contributed by atoms with Gasteiger partial charge in [0.1, 0.15) is 17.4 Å². The van der Waals surface area contributed by atoms with Gasteiger partial charge in [-0.2, -0.15) is 5.26 Å². The van der Waals surface area contributed by atoms with Crippen molar-refractivity contribution < 1.29 is 9.53 Å². The Bertz CT molecular complexity index is 959. The quantitative estimate of drug-likeness (QED) is 0.858. The van der Waals surface area contributed by atoms with Gasteiger partial charge < -0.3 is 15.8 Å². The van der Waals surface area contributed by atoms with Gasteiger partial charge in [-0.25, -0.2) is 0 Å². The van der Waals surface area contributed by atoms with Crippen LogP contribution in [0.25, 0.3) is 0 Å². The van der Waals surface area contributed by atoms with Crippen molar-refractivity contribution in [1.29, 1.82) is 5.26 Å². The normalized spacial score (nSPS) is 16.7. The molecule has 0 saturated carbocycles. The molecular formula is C20H16ClN3O2. The van der Waals surface area contributed by atoms with Crippen LogP contribution < -0.4 is 11.1 Å². The first-order valence-electron chi connectivity index (χ1n) is 7.92. The van der Waals surface area contributed by atoms with Crippen molar-refractivity contribution >= 4 is 23.2 Å². The number of hydrogen-bond acceptors (Lipinski definition) is 4. The third-order valence-electron chi connectivity index (χ3n) is 4.10. The number of anilines is 1. The SMILES string of the molecule is CC1=C(C(=O)Nc2ccccc2)[C@H](c2ccccc2Cl)C(C#N)=C(N)O1. The molecule has 0 bridgehead atoms. The molecule has 3 rings (SSSR count). The van der Waals surface area contributed by atoms with Crippen molar-refractivity contribution in [3.63, 3.8) is 0 Å². The van der Waals surface area contributed by atoms with E-state index in [0.717, 1.165) is 0 Å². The van der Waals surface area contributed by atoms with E-state index in [1.165, 1.54) is 0 Å². The average molecular weight is 366 g/mol. The number of nitrogens with zero attached hydrogens (tertiary/aromatic N) is 1. The van der Waals surface area contributed by atoms with Gasteiger partial charge in [-0.05, 0) is 30.7 Å². The molecule has 26 heavy (non-hydrogen) atoms. The molecule has 130 valence electrons. The second kappa shape index (κ2) is 7.34. The summed E-state index contributed by atoms with van der Waals surface area (Å²) >= 11 is 6.34. The standard InChI is InChI=1S/C20H16ClN3O2/c1-12-17(20(25)24-13-7-3-2-4-8-13)18(15(11-22)19(23)26-12)14-9-5-6-10-16(14)21/h2-10,18H,23H2,1H3,(H,24,25)/t18-/m1/s1. The smallest absolute Gasteiger partial charge is 0.255 e. The predicted molar refractivity (Wildman–Crippen MR) is 99.9 cm³/mol. The van der Waals surface area contributed by atoms with Crippen LogP contribution in [0.4, 0.5) is 5.69 Å². The number of nitriles is 1. The van der Waals surface area contributed by atoms with Gasteiger partial charge in [0.25, 0.3) is 5.91 Å². The second-order valence-electron chi connectivity index (χ2n) is 5.74. The minimum absolute atomic E-state index is 0.0221. The summed E-state index contributed by atoms with van der Waals surface area (Å²) in [4.78, 5) is 13.0. The van der Waals surface area contributed by atoms with E-state index in [1.54, 1.807) is 43.3 Å². The number of allylic oxidation sites excluding steroid dienone is 2. The summed E-state index contributed by atoms with van der Waals surface area (Å²) in [5.74, 6) is -0.768. The van der Waals surface area contributed by atoms with Crippen LogP contribution in [0.3, 0.4) is 0 Å². The molecule has 5 nitrogen and oxygen atoms in total. The molecule has 2 aromatic carbocycles. The molecule has 3 N–H and O–H groups in total. The first-order valence-corrected chi connectivity index (χ1v) is 8.30. The zero-order valence-electron chi connectivity index (χ0n) is 14.0. The summed E-state index contributed by atoms with van der Waals surface area (Å²) in [7, 11) is 0.